The predicted molar refractivity (Wildman–Crippen MR) is 108 cm³/mol. The van der Waals surface area contributed by atoms with Crippen molar-refractivity contribution in [2.45, 2.75) is 52.7 Å². The lowest BCUT2D eigenvalue weighted by Gasteiger charge is -2.45. The molecule has 1 aliphatic rings. The molecule has 1 aromatic carbocycles. The molecule has 140 valence electrons. The number of nitrogens with one attached hydrogen (secondary N) is 1. The molecule has 1 saturated heterocycles. The van der Waals surface area contributed by atoms with Gasteiger partial charge in [0.25, 0.3) is 0 Å². The van der Waals surface area contributed by atoms with Gasteiger partial charge in [0.05, 0.1) is 15.7 Å². The van der Waals surface area contributed by atoms with Crippen LogP contribution in [-0.4, -0.2) is 35.7 Å². The first-order valence-electron chi connectivity index (χ1n) is 8.29. The van der Waals surface area contributed by atoms with Crippen LogP contribution in [-0.2, 0) is 4.74 Å². The molecule has 0 spiro atoms. The number of halogens is 3. The van der Waals surface area contributed by atoms with E-state index >= 15 is 0 Å². The van der Waals surface area contributed by atoms with Crippen molar-refractivity contribution < 1.29 is 9.53 Å². The van der Waals surface area contributed by atoms with Gasteiger partial charge >= 0.3 is 6.09 Å². The molecule has 0 radical (unpaired) electrons. The number of piperidine rings is 1. The van der Waals surface area contributed by atoms with Crippen LogP contribution in [0, 0.1) is 5.41 Å². The second kappa shape index (κ2) is 7.53. The quantitative estimate of drug-likeness (QED) is 0.544. The largest absolute Gasteiger partial charge is 0.444 e. The molecule has 0 bridgehead atoms. The van der Waals surface area contributed by atoms with E-state index in [0.717, 1.165) is 16.6 Å². The molecule has 0 aromatic heterocycles. The molecule has 4 nitrogen and oxygen atoms in total. The molecule has 1 N–H and O–H groups in total. The number of nitrogens with zero attached hydrogens (tertiary/aromatic N) is 1. The van der Waals surface area contributed by atoms with E-state index < -0.39 is 5.60 Å². The number of rotatable bonds is 2. The van der Waals surface area contributed by atoms with E-state index in [9.17, 15) is 4.79 Å². The van der Waals surface area contributed by atoms with E-state index in [1.165, 1.54) is 0 Å². The van der Waals surface area contributed by atoms with Crippen LogP contribution in [0.2, 0.25) is 10.0 Å². The number of ether oxygens (including phenoxy) is 1. The fourth-order valence-electron chi connectivity index (χ4n) is 2.93. The van der Waals surface area contributed by atoms with Gasteiger partial charge in [0.2, 0.25) is 0 Å². The highest BCUT2D eigenvalue weighted by Gasteiger charge is 2.39. The Morgan fingerprint density at radius 3 is 2.52 bits per heavy atom. The van der Waals surface area contributed by atoms with Crippen LogP contribution >= 0.6 is 39.1 Å². The number of carbonyl (C=O) groups is 1. The third kappa shape index (κ3) is 5.18. The molecular formula is C18H25BrCl2N2O2. The number of hydrogen-bond acceptors (Lipinski definition) is 3. The lowest BCUT2D eigenvalue weighted by atomic mass is 9.79. The summed E-state index contributed by atoms with van der Waals surface area (Å²) in [6.45, 7) is 11.2. The topological polar surface area (TPSA) is 41.6 Å². The lowest BCUT2D eigenvalue weighted by molar-refractivity contribution is 0.00691. The molecule has 1 heterocycles. The lowest BCUT2D eigenvalue weighted by Crippen LogP contribution is -2.54. The van der Waals surface area contributed by atoms with Gasteiger partial charge in [0.15, 0.2) is 0 Å². The van der Waals surface area contributed by atoms with Crippen LogP contribution in [0.15, 0.2) is 16.6 Å². The summed E-state index contributed by atoms with van der Waals surface area (Å²) in [5, 5.41) is 4.50. The Balaban J connectivity index is 2.09. The second-order valence-electron chi connectivity index (χ2n) is 8.10. The highest BCUT2D eigenvalue weighted by atomic mass is 79.9. The molecule has 25 heavy (non-hydrogen) atoms. The fourth-order valence-corrected chi connectivity index (χ4v) is 3.76. The van der Waals surface area contributed by atoms with Crippen molar-refractivity contribution in [3.63, 3.8) is 0 Å². The summed E-state index contributed by atoms with van der Waals surface area (Å²) in [5.41, 5.74) is 0.175. The van der Waals surface area contributed by atoms with Crippen molar-refractivity contribution in [1.82, 2.24) is 4.90 Å². The molecule has 0 aliphatic carbocycles. The van der Waals surface area contributed by atoms with Gasteiger partial charge in [0.1, 0.15) is 5.60 Å². The zero-order valence-corrected chi connectivity index (χ0v) is 18.3. The zero-order chi connectivity index (χ0) is 19.0. The monoisotopic (exact) mass is 450 g/mol. The Bertz CT molecular complexity index is 659. The summed E-state index contributed by atoms with van der Waals surface area (Å²) >= 11 is 15.9. The predicted octanol–water partition coefficient (Wildman–Crippen LogP) is 6.20. The van der Waals surface area contributed by atoms with E-state index in [1.807, 2.05) is 32.9 Å². The minimum absolute atomic E-state index is 0.141. The summed E-state index contributed by atoms with van der Waals surface area (Å²) in [5.74, 6) is 0. The zero-order valence-electron chi connectivity index (χ0n) is 15.3. The SMILES string of the molecule is CC(C)(C)OC(=O)N1CCC(Nc2ccc(Br)c(Cl)c2Cl)C(C)(C)C1. The van der Waals surface area contributed by atoms with Crippen LogP contribution in [0.25, 0.3) is 0 Å². The normalized spacial score (nSPS) is 20.3. The van der Waals surface area contributed by atoms with Crippen LogP contribution < -0.4 is 5.32 Å². The Kier molecular flexibility index (Phi) is 6.22. The average molecular weight is 452 g/mol. The van der Waals surface area contributed by atoms with Gasteiger partial charge in [-0.15, -0.1) is 0 Å². The van der Waals surface area contributed by atoms with E-state index in [1.54, 1.807) is 4.90 Å². The van der Waals surface area contributed by atoms with Gasteiger partial charge in [-0.2, -0.15) is 0 Å². The molecule has 7 heteroatoms. The minimum Gasteiger partial charge on any atom is -0.444 e. The molecule has 1 amide bonds. The highest BCUT2D eigenvalue weighted by molar-refractivity contribution is 9.10. The molecule has 1 atom stereocenters. The van der Waals surface area contributed by atoms with E-state index in [2.05, 4.69) is 35.1 Å². The van der Waals surface area contributed by atoms with Gasteiger partial charge < -0.3 is 15.0 Å². The number of benzene rings is 1. The Hall–Kier alpha value is -0.650. The van der Waals surface area contributed by atoms with Crippen molar-refractivity contribution in [2.24, 2.45) is 5.41 Å². The van der Waals surface area contributed by atoms with Crippen LogP contribution in [0.1, 0.15) is 41.0 Å². The summed E-state index contributed by atoms with van der Waals surface area (Å²) in [4.78, 5) is 14.1. The molecule has 0 saturated carbocycles. The maximum atomic E-state index is 12.3. The van der Waals surface area contributed by atoms with Crippen molar-refractivity contribution in [3.8, 4) is 0 Å². The standard InChI is InChI=1S/C18H25BrCl2N2O2/c1-17(2,3)25-16(24)23-9-8-13(18(4,5)10-23)22-12-7-6-11(19)14(20)15(12)21/h6-7,13,22H,8-10H2,1-5H3. The van der Waals surface area contributed by atoms with Gasteiger partial charge in [-0.05, 0) is 55.3 Å². The number of carbonyl (C=O) groups excluding carboxylic acids is 1. The molecule has 1 aliphatic heterocycles. The number of hydrogen-bond donors (Lipinski definition) is 1. The van der Waals surface area contributed by atoms with Crippen molar-refractivity contribution in [3.05, 3.63) is 26.7 Å². The molecule has 1 unspecified atom stereocenters. The maximum absolute atomic E-state index is 12.3. The first-order valence-corrected chi connectivity index (χ1v) is 9.83. The third-order valence-corrected chi connectivity index (χ3v) is 6.02. The summed E-state index contributed by atoms with van der Waals surface area (Å²) in [7, 11) is 0. The molecule has 1 aromatic rings. The summed E-state index contributed by atoms with van der Waals surface area (Å²) in [6, 6.07) is 3.95. The second-order valence-corrected chi connectivity index (χ2v) is 9.71. The first-order chi connectivity index (χ1) is 11.4. The summed E-state index contributed by atoms with van der Waals surface area (Å²) in [6.07, 6.45) is 0.541. The Morgan fingerprint density at radius 2 is 1.96 bits per heavy atom. The van der Waals surface area contributed by atoms with E-state index in [-0.39, 0.29) is 17.6 Å². The smallest absolute Gasteiger partial charge is 0.410 e. The molecule has 2 rings (SSSR count). The van der Waals surface area contributed by atoms with Gasteiger partial charge in [-0.1, -0.05) is 37.0 Å². The summed E-state index contributed by atoms with van der Waals surface area (Å²) < 4.78 is 6.26. The van der Waals surface area contributed by atoms with Crippen molar-refractivity contribution in [2.75, 3.05) is 18.4 Å². The highest BCUT2D eigenvalue weighted by Crippen LogP contribution is 2.39. The molecular weight excluding hydrogens is 427 g/mol. The molecule has 1 fully saturated rings. The minimum atomic E-state index is -0.488. The average Bonchev–Trinajstić information content (AvgIpc) is 2.47. The van der Waals surface area contributed by atoms with Crippen molar-refractivity contribution in [1.29, 1.82) is 0 Å². The third-order valence-electron chi connectivity index (χ3n) is 4.25. The van der Waals surface area contributed by atoms with Gasteiger partial charge in [0, 0.05) is 29.0 Å². The van der Waals surface area contributed by atoms with Crippen molar-refractivity contribution >= 4 is 50.9 Å². The maximum Gasteiger partial charge on any atom is 0.410 e. The Morgan fingerprint density at radius 1 is 1.32 bits per heavy atom. The van der Waals surface area contributed by atoms with Crippen LogP contribution in [0.5, 0.6) is 0 Å². The van der Waals surface area contributed by atoms with Gasteiger partial charge in [-0.3, -0.25) is 0 Å². The number of amides is 1. The number of anilines is 1. The van der Waals surface area contributed by atoms with E-state index in [0.29, 0.717) is 23.1 Å². The Labute approximate surface area is 168 Å². The van der Waals surface area contributed by atoms with E-state index in [4.69, 9.17) is 27.9 Å². The number of likely N-dealkylation sites (tertiary alicyclic amines) is 1. The van der Waals surface area contributed by atoms with Crippen LogP contribution in [0.4, 0.5) is 10.5 Å². The van der Waals surface area contributed by atoms with Gasteiger partial charge in [-0.25, -0.2) is 4.79 Å². The fraction of sp³-hybridized carbons (Fsp3) is 0.611. The van der Waals surface area contributed by atoms with Crippen LogP contribution in [0.3, 0.4) is 0 Å². The first kappa shape index (κ1) is 20.7.